The van der Waals surface area contributed by atoms with Crippen LogP contribution >= 0.6 is 11.3 Å². The summed E-state index contributed by atoms with van der Waals surface area (Å²) in [5.74, 6) is 0.808. The number of carbonyl (C=O) groups excluding carboxylic acids is 1. The minimum absolute atomic E-state index is 0.0774. The lowest BCUT2D eigenvalue weighted by atomic mass is 10.1. The largest absolute Gasteiger partial charge is 0.455 e. The van der Waals surface area contributed by atoms with E-state index < -0.39 is 5.97 Å². The Balaban J connectivity index is 1.67. The van der Waals surface area contributed by atoms with E-state index in [4.69, 9.17) is 13.9 Å². The first-order chi connectivity index (χ1) is 11.7. The number of rotatable bonds is 6. The molecule has 0 saturated heterocycles. The topological polar surface area (TPSA) is 61.6 Å². The predicted molar refractivity (Wildman–Crippen MR) is 90.8 cm³/mol. The third-order valence-electron chi connectivity index (χ3n) is 3.44. The van der Waals surface area contributed by atoms with Gasteiger partial charge in [0.1, 0.15) is 18.1 Å². The molecule has 0 aliphatic heterocycles. The molecule has 24 heavy (non-hydrogen) atoms. The van der Waals surface area contributed by atoms with E-state index in [9.17, 15) is 4.79 Å². The number of ether oxygens (including phenoxy) is 2. The molecule has 6 heteroatoms. The average Bonchev–Trinajstić information content (AvgIpc) is 3.23. The van der Waals surface area contributed by atoms with Gasteiger partial charge in [0.05, 0.1) is 17.0 Å². The third kappa shape index (κ3) is 3.72. The fourth-order valence-corrected chi connectivity index (χ4v) is 2.89. The number of nitrogens with zero attached hydrogens (tertiary/aromatic N) is 1. The summed E-state index contributed by atoms with van der Waals surface area (Å²) in [6.45, 7) is 2.34. The molecule has 2 heterocycles. The molecular weight excluding hydrogens is 326 g/mol. The van der Waals surface area contributed by atoms with Gasteiger partial charge >= 0.3 is 5.97 Å². The van der Waals surface area contributed by atoms with Crippen LogP contribution in [0.5, 0.6) is 0 Å². The second-order valence-electron chi connectivity index (χ2n) is 5.21. The molecule has 3 aromatic rings. The van der Waals surface area contributed by atoms with Gasteiger partial charge in [-0.2, -0.15) is 0 Å². The highest BCUT2D eigenvalue weighted by Gasteiger charge is 2.15. The van der Waals surface area contributed by atoms with Gasteiger partial charge < -0.3 is 13.9 Å². The third-order valence-corrected chi connectivity index (χ3v) is 4.30. The second kappa shape index (κ2) is 7.42. The Bertz CT molecular complexity index is 823. The molecule has 0 N–H and O–H groups in total. The summed E-state index contributed by atoms with van der Waals surface area (Å²) in [7, 11) is 1.61. The van der Waals surface area contributed by atoms with Crippen molar-refractivity contribution >= 4 is 17.3 Å². The first-order valence-corrected chi connectivity index (χ1v) is 8.30. The number of aryl methyl sites for hydroxylation is 1. The SMILES string of the molecule is COCc1cccc(C(=O)OCc2nc(-c3cccs3)oc2C)c1. The van der Waals surface area contributed by atoms with E-state index in [1.807, 2.05) is 30.5 Å². The number of benzene rings is 1. The number of hydrogen-bond donors (Lipinski definition) is 0. The Hall–Kier alpha value is -2.44. The molecular formula is C18H17NO4S. The first-order valence-electron chi connectivity index (χ1n) is 7.42. The van der Waals surface area contributed by atoms with E-state index in [0.717, 1.165) is 10.4 Å². The maximum Gasteiger partial charge on any atom is 0.338 e. The second-order valence-corrected chi connectivity index (χ2v) is 6.16. The van der Waals surface area contributed by atoms with Gasteiger partial charge in [0.25, 0.3) is 0 Å². The summed E-state index contributed by atoms with van der Waals surface area (Å²) in [4.78, 5) is 17.6. The van der Waals surface area contributed by atoms with Crippen LogP contribution in [0.4, 0.5) is 0 Å². The van der Waals surface area contributed by atoms with E-state index in [1.165, 1.54) is 0 Å². The molecule has 0 amide bonds. The zero-order valence-corrected chi connectivity index (χ0v) is 14.3. The summed E-state index contributed by atoms with van der Waals surface area (Å²) in [6, 6.07) is 11.1. The van der Waals surface area contributed by atoms with Crippen molar-refractivity contribution in [1.82, 2.24) is 4.98 Å². The number of carbonyl (C=O) groups is 1. The Morgan fingerprint density at radius 3 is 2.88 bits per heavy atom. The van der Waals surface area contributed by atoms with Crippen molar-refractivity contribution in [3.05, 3.63) is 64.4 Å². The van der Waals surface area contributed by atoms with Crippen LogP contribution < -0.4 is 0 Å². The number of aromatic nitrogens is 1. The smallest absolute Gasteiger partial charge is 0.338 e. The summed E-state index contributed by atoms with van der Waals surface area (Å²) < 4.78 is 16.1. The molecule has 1 aromatic carbocycles. The van der Waals surface area contributed by atoms with Gasteiger partial charge in [-0.1, -0.05) is 18.2 Å². The molecule has 0 radical (unpaired) electrons. The maximum atomic E-state index is 12.2. The summed E-state index contributed by atoms with van der Waals surface area (Å²) in [5.41, 5.74) is 2.04. The quantitative estimate of drug-likeness (QED) is 0.627. The molecule has 5 nitrogen and oxygen atoms in total. The van der Waals surface area contributed by atoms with Crippen LogP contribution in [0, 0.1) is 6.92 Å². The maximum absolute atomic E-state index is 12.2. The average molecular weight is 343 g/mol. The van der Waals surface area contributed by atoms with Gasteiger partial charge in [-0.15, -0.1) is 11.3 Å². The molecule has 124 valence electrons. The van der Waals surface area contributed by atoms with Crippen molar-refractivity contribution in [3.63, 3.8) is 0 Å². The summed E-state index contributed by atoms with van der Waals surface area (Å²) in [5, 5.41) is 1.96. The lowest BCUT2D eigenvalue weighted by Gasteiger charge is -2.05. The van der Waals surface area contributed by atoms with Gasteiger partial charge in [-0.05, 0) is 36.1 Å². The van der Waals surface area contributed by atoms with Gasteiger partial charge in [-0.3, -0.25) is 0 Å². The van der Waals surface area contributed by atoms with E-state index in [1.54, 1.807) is 36.6 Å². The number of hydrogen-bond acceptors (Lipinski definition) is 6. The molecule has 0 spiro atoms. The first kappa shape index (κ1) is 16.4. The molecule has 0 bridgehead atoms. The fourth-order valence-electron chi connectivity index (χ4n) is 2.24. The Kier molecular flexibility index (Phi) is 5.08. The highest BCUT2D eigenvalue weighted by molar-refractivity contribution is 7.13. The lowest BCUT2D eigenvalue weighted by molar-refractivity contribution is 0.0466. The van der Waals surface area contributed by atoms with Crippen molar-refractivity contribution in [1.29, 1.82) is 0 Å². The van der Waals surface area contributed by atoms with Crippen molar-refractivity contribution < 1.29 is 18.7 Å². The van der Waals surface area contributed by atoms with Gasteiger partial charge in [0.15, 0.2) is 0 Å². The number of oxazole rings is 1. The highest BCUT2D eigenvalue weighted by Crippen LogP contribution is 2.26. The highest BCUT2D eigenvalue weighted by atomic mass is 32.1. The molecule has 0 saturated carbocycles. The molecule has 2 aromatic heterocycles. The molecule has 0 aliphatic carbocycles. The Morgan fingerprint density at radius 2 is 2.12 bits per heavy atom. The van der Waals surface area contributed by atoms with E-state index in [-0.39, 0.29) is 6.61 Å². The van der Waals surface area contributed by atoms with Crippen molar-refractivity contribution in [2.75, 3.05) is 7.11 Å². The van der Waals surface area contributed by atoms with Crippen LogP contribution in [0.2, 0.25) is 0 Å². The van der Waals surface area contributed by atoms with Crippen LogP contribution in [0.1, 0.15) is 27.4 Å². The zero-order chi connectivity index (χ0) is 16.9. The molecule has 0 fully saturated rings. The standard InChI is InChI=1S/C18H17NO4S/c1-12-15(19-17(23-12)16-7-4-8-24-16)11-22-18(20)14-6-3-5-13(9-14)10-21-2/h3-9H,10-11H2,1-2H3. The van der Waals surface area contributed by atoms with E-state index >= 15 is 0 Å². The van der Waals surface area contributed by atoms with E-state index in [2.05, 4.69) is 4.98 Å². The minimum atomic E-state index is -0.395. The summed E-state index contributed by atoms with van der Waals surface area (Å²) >= 11 is 1.55. The number of thiophene rings is 1. The van der Waals surface area contributed by atoms with Gasteiger partial charge in [-0.25, -0.2) is 9.78 Å². The zero-order valence-electron chi connectivity index (χ0n) is 13.4. The van der Waals surface area contributed by atoms with Crippen LogP contribution in [0.3, 0.4) is 0 Å². The number of esters is 1. The van der Waals surface area contributed by atoms with Crippen LogP contribution in [-0.2, 0) is 22.7 Å². The Labute approximate surface area is 143 Å². The van der Waals surface area contributed by atoms with Crippen molar-refractivity contribution in [2.24, 2.45) is 0 Å². The Morgan fingerprint density at radius 1 is 1.25 bits per heavy atom. The normalized spacial score (nSPS) is 10.8. The lowest BCUT2D eigenvalue weighted by Crippen LogP contribution is -2.06. The van der Waals surface area contributed by atoms with Crippen LogP contribution in [0.15, 0.2) is 46.2 Å². The van der Waals surface area contributed by atoms with Crippen molar-refractivity contribution in [2.45, 2.75) is 20.1 Å². The van der Waals surface area contributed by atoms with Crippen LogP contribution in [-0.4, -0.2) is 18.1 Å². The minimum Gasteiger partial charge on any atom is -0.455 e. The van der Waals surface area contributed by atoms with Crippen LogP contribution in [0.25, 0.3) is 10.8 Å². The molecule has 0 atom stereocenters. The number of methoxy groups -OCH3 is 1. The van der Waals surface area contributed by atoms with Crippen molar-refractivity contribution in [3.8, 4) is 10.8 Å². The molecule has 3 rings (SSSR count). The predicted octanol–water partition coefficient (Wildman–Crippen LogP) is 4.21. The van der Waals surface area contributed by atoms with Gasteiger partial charge in [0, 0.05) is 7.11 Å². The molecule has 0 unspecified atom stereocenters. The monoisotopic (exact) mass is 343 g/mol. The van der Waals surface area contributed by atoms with E-state index in [0.29, 0.717) is 29.5 Å². The van der Waals surface area contributed by atoms with Gasteiger partial charge in [0.2, 0.25) is 5.89 Å². The fraction of sp³-hybridized carbons (Fsp3) is 0.222. The molecule has 0 aliphatic rings. The summed E-state index contributed by atoms with van der Waals surface area (Å²) in [6.07, 6.45) is 0.